The molecule has 0 radical (unpaired) electrons. The Morgan fingerprint density at radius 1 is 1.09 bits per heavy atom. The number of hydrogen-bond acceptors (Lipinski definition) is 2. The van der Waals surface area contributed by atoms with Crippen molar-refractivity contribution in [1.82, 2.24) is 0 Å². The van der Waals surface area contributed by atoms with Gasteiger partial charge in [0.15, 0.2) is 0 Å². The lowest BCUT2D eigenvalue weighted by Gasteiger charge is -2.58. The molecule has 4 aliphatic rings. The van der Waals surface area contributed by atoms with E-state index >= 15 is 0 Å². The SMILES string of the molecule is CC(C)CCC[C@@H](C)[C@H]1CCC2C3CC=C4C[C@@H](OCCN=[N+]=[N-])CC[C@]4(C)C3CC[C@@]21C. The maximum absolute atomic E-state index is 8.48. The smallest absolute Gasteiger partial charge is 0.0612 e. The van der Waals surface area contributed by atoms with Crippen molar-refractivity contribution in [2.45, 2.75) is 111 Å². The van der Waals surface area contributed by atoms with Crippen LogP contribution in [0.25, 0.3) is 10.4 Å². The molecule has 3 saturated carbocycles. The van der Waals surface area contributed by atoms with E-state index in [4.69, 9.17) is 10.3 Å². The Morgan fingerprint density at radius 2 is 1.91 bits per heavy atom. The molecule has 4 nitrogen and oxygen atoms in total. The van der Waals surface area contributed by atoms with Crippen molar-refractivity contribution in [3.8, 4) is 0 Å². The minimum atomic E-state index is 0.311. The number of hydrogen-bond donors (Lipinski definition) is 0. The van der Waals surface area contributed by atoms with Crippen LogP contribution in [0.4, 0.5) is 0 Å². The summed E-state index contributed by atoms with van der Waals surface area (Å²) in [6, 6.07) is 0. The fourth-order valence-corrected chi connectivity index (χ4v) is 9.10. The largest absolute Gasteiger partial charge is 0.378 e. The molecule has 0 heterocycles. The summed E-state index contributed by atoms with van der Waals surface area (Å²) in [7, 11) is 0. The first-order chi connectivity index (χ1) is 15.8. The van der Waals surface area contributed by atoms with Gasteiger partial charge in [-0.25, -0.2) is 0 Å². The predicted molar refractivity (Wildman–Crippen MR) is 137 cm³/mol. The molecule has 0 aliphatic heterocycles. The van der Waals surface area contributed by atoms with Gasteiger partial charge in [-0.1, -0.05) is 70.6 Å². The first-order valence-electron chi connectivity index (χ1n) is 14.1. The molecular weight excluding hydrogens is 406 g/mol. The normalized spacial score (nSPS) is 40.9. The molecule has 0 aromatic carbocycles. The van der Waals surface area contributed by atoms with E-state index in [1.807, 2.05) is 0 Å². The third-order valence-electron chi connectivity index (χ3n) is 10.9. The van der Waals surface area contributed by atoms with Crippen LogP contribution in [0.2, 0.25) is 0 Å². The van der Waals surface area contributed by atoms with Crippen molar-refractivity contribution in [2.75, 3.05) is 13.2 Å². The molecule has 4 heteroatoms. The number of allylic oxidation sites excluding steroid dienone is 1. The van der Waals surface area contributed by atoms with Gasteiger partial charge in [0.1, 0.15) is 0 Å². The molecule has 0 N–H and O–H groups in total. The molecule has 186 valence electrons. The fourth-order valence-electron chi connectivity index (χ4n) is 9.10. The van der Waals surface area contributed by atoms with E-state index in [2.05, 4.69) is 50.7 Å². The van der Waals surface area contributed by atoms with Crippen molar-refractivity contribution >= 4 is 0 Å². The fraction of sp³-hybridized carbons (Fsp3) is 0.931. The van der Waals surface area contributed by atoms with Crippen LogP contribution in [0.15, 0.2) is 16.8 Å². The summed E-state index contributed by atoms with van der Waals surface area (Å²) in [6.45, 7) is 13.6. The molecule has 8 atom stereocenters. The molecule has 0 spiro atoms. The van der Waals surface area contributed by atoms with Crippen molar-refractivity contribution in [3.05, 3.63) is 22.1 Å². The molecule has 3 unspecified atom stereocenters. The maximum atomic E-state index is 8.48. The quantitative estimate of drug-likeness (QED) is 0.113. The third-order valence-corrected chi connectivity index (χ3v) is 10.9. The van der Waals surface area contributed by atoms with Gasteiger partial charge in [0, 0.05) is 11.5 Å². The van der Waals surface area contributed by atoms with Crippen LogP contribution in [0.3, 0.4) is 0 Å². The highest BCUT2D eigenvalue weighted by molar-refractivity contribution is 5.25. The lowest BCUT2D eigenvalue weighted by molar-refractivity contribution is -0.0633. The Hall–Kier alpha value is -0.990. The highest BCUT2D eigenvalue weighted by Crippen LogP contribution is 2.67. The highest BCUT2D eigenvalue weighted by Gasteiger charge is 2.59. The van der Waals surface area contributed by atoms with Crippen molar-refractivity contribution < 1.29 is 4.74 Å². The second kappa shape index (κ2) is 10.3. The van der Waals surface area contributed by atoms with Gasteiger partial charge < -0.3 is 4.74 Å². The lowest BCUT2D eigenvalue weighted by Crippen LogP contribution is -2.51. The Morgan fingerprint density at radius 3 is 2.67 bits per heavy atom. The van der Waals surface area contributed by atoms with Crippen molar-refractivity contribution in [3.63, 3.8) is 0 Å². The van der Waals surface area contributed by atoms with Crippen LogP contribution in [0, 0.1) is 46.3 Å². The summed E-state index contributed by atoms with van der Waals surface area (Å²) < 4.78 is 6.08. The Labute approximate surface area is 202 Å². The summed E-state index contributed by atoms with van der Waals surface area (Å²) in [5.74, 6) is 5.37. The molecule has 0 amide bonds. The Kier molecular flexibility index (Phi) is 7.86. The van der Waals surface area contributed by atoms with Gasteiger partial charge in [-0.05, 0) is 103 Å². The van der Waals surface area contributed by atoms with Crippen molar-refractivity contribution in [2.24, 2.45) is 51.5 Å². The summed E-state index contributed by atoms with van der Waals surface area (Å²) in [5.41, 5.74) is 11.1. The van der Waals surface area contributed by atoms with Gasteiger partial charge in [0.25, 0.3) is 0 Å². The van der Waals surface area contributed by atoms with E-state index in [0.717, 1.165) is 48.3 Å². The first-order valence-corrected chi connectivity index (χ1v) is 14.1. The van der Waals surface area contributed by atoms with E-state index in [-0.39, 0.29) is 0 Å². The molecule has 4 rings (SSSR count). The maximum Gasteiger partial charge on any atom is 0.0612 e. The molecule has 0 aromatic heterocycles. The zero-order valence-corrected chi connectivity index (χ0v) is 22.1. The zero-order chi connectivity index (χ0) is 23.6. The second-order valence-electron chi connectivity index (χ2n) is 13.0. The van der Waals surface area contributed by atoms with Gasteiger partial charge in [0.05, 0.1) is 12.7 Å². The van der Waals surface area contributed by atoms with Crippen LogP contribution >= 0.6 is 0 Å². The Balaban J connectivity index is 1.41. The predicted octanol–water partition coefficient (Wildman–Crippen LogP) is 8.72. The van der Waals surface area contributed by atoms with E-state index in [9.17, 15) is 0 Å². The molecule has 0 saturated heterocycles. The molecule has 4 aliphatic carbocycles. The first kappa shape index (κ1) is 25.1. The summed E-state index contributed by atoms with van der Waals surface area (Å²) in [4.78, 5) is 2.84. The number of rotatable bonds is 9. The average molecular weight is 456 g/mol. The summed E-state index contributed by atoms with van der Waals surface area (Å²) in [6.07, 6.45) is 17.9. The topological polar surface area (TPSA) is 58.0 Å². The van der Waals surface area contributed by atoms with Gasteiger partial charge >= 0.3 is 0 Å². The molecule has 0 bridgehead atoms. The lowest BCUT2D eigenvalue weighted by atomic mass is 9.47. The molecular formula is C29H49N3O. The van der Waals surface area contributed by atoms with Crippen molar-refractivity contribution in [1.29, 1.82) is 0 Å². The second-order valence-corrected chi connectivity index (χ2v) is 13.0. The van der Waals surface area contributed by atoms with Crippen LogP contribution < -0.4 is 0 Å². The van der Waals surface area contributed by atoms with Gasteiger partial charge in [-0.3, -0.25) is 0 Å². The number of nitrogens with zero attached hydrogens (tertiary/aromatic N) is 3. The summed E-state index contributed by atoms with van der Waals surface area (Å²) >= 11 is 0. The van der Waals surface area contributed by atoms with E-state index < -0.39 is 0 Å². The van der Waals surface area contributed by atoms with Gasteiger partial charge in [-0.15, -0.1) is 0 Å². The third kappa shape index (κ3) is 4.90. The van der Waals surface area contributed by atoms with E-state index in [1.165, 1.54) is 57.8 Å². The van der Waals surface area contributed by atoms with E-state index in [1.54, 1.807) is 5.57 Å². The molecule has 33 heavy (non-hydrogen) atoms. The highest BCUT2D eigenvalue weighted by atomic mass is 16.5. The van der Waals surface area contributed by atoms with Gasteiger partial charge in [0.2, 0.25) is 0 Å². The summed E-state index contributed by atoms with van der Waals surface area (Å²) in [5, 5.41) is 3.63. The van der Waals surface area contributed by atoms with Crippen LogP contribution in [-0.4, -0.2) is 19.3 Å². The number of fused-ring (bicyclic) bond motifs is 5. The average Bonchev–Trinajstić information content (AvgIpc) is 3.14. The van der Waals surface area contributed by atoms with Gasteiger partial charge in [-0.2, -0.15) is 0 Å². The molecule has 3 fully saturated rings. The number of ether oxygens (including phenoxy) is 1. The van der Waals surface area contributed by atoms with Crippen LogP contribution in [0.1, 0.15) is 105 Å². The van der Waals surface area contributed by atoms with E-state index in [0.29, 0.717) is 30.1 Å². The number of azide groups is 1. The zero-order valence-electron chi connectivity index (χ0n) is 22.1. The standard InChI is InChI=1S/C29H49N3O/c1-20(2)7-6-8-21(3)25-11-12-26-24-10-9-22-19-23(33-18-17-31-32-30)13-15-28(22,4)27(24)14-16-29(25,26)5/h9,20-21,23-27H,6-8,10-19H2,1-5H3/t21-,23+,24?,25-,26?,27?,28+,29-/m1/s1. The monoisotopic (exact) mass is 455 g/mol. The van der Waals surface area contributed by atoms with Crippen LogP contribution in [-0.2, 0) is 4.74 Å². The minimum Gasteiger partial charge on any atom is -0.378 e. The minimum absolute atomic E-state index is 0.311. The Bertz CT molecular complexity index is 756. The van der Waals surface area contributed by atoms with Crippen LogP contribution in [0.5, 0.6) is 0 Å². The molecule has 0 aromatic rings.